The third kappa shape index (κ3) is 6.44. The number of nitrogens with zero attached hydrogens (tertiary/aromatic N) is 3. The van der Waals surface area contributed by atoms with Gasteiger partial charge in [-0.15, -0.1) is 0 Å². The molecule has 0 unspecified atom stereocenters. The number of alkyl halides is 3. The fourth-order valence-electron chi connectivity index (χ4n) is 5.23. The number of aromatic nitrogens is 2. The summed E-state index contributed by atoms with van der Waals surface area (Å²) in [6.45, 7) is 3.57. The van der Waals surface area contributed by atoms with E-state index in [1.807, 2.05) is 24.3 Å². The normalized spacial score (nSPS) is 24.3. The molecule has 0 saturated heterocycles. The van der Waals surface area contributed by atoms with Crippen molar-refractivity contribution in [3.05, 3.63) is 40.5 Å². The molecular formula is C25H34BrF3N4O3S. The van der Waals surface area contributed by atoms with E-state index in [-0.39, 0.29) is 25.5 Å². The van der Waals surface area contributed by atoms with Crippen LogP contribution in [0.15, 0.2) is 33.3 Å². The maximum absolute atomic E-state index is 14.3. The Morgan fingerprint density at radius 3 is 2.35 bits per heavy atom. The minimum Gasteiger partial charge on any atom is -0.387 e. The monoisotopic (exact) mass is 606 g/mol. The van der Waals surface area contributed by atoms with Crippen LogP contribution in [0.5, 0.6) is 0 Å². The Hall–Kier alpha value is -1.79. The van der Waals surface area contributed by atoms with E-state index in [1.165, 1.54) is 13.8 Å². The van der Waals surface area contributed by atoms with Crippen molar-refractivity contribution in [3.63, 3.8) is 0 Å². The predicted molar refractivity (Wildman–Crippen MR) is 142 cm³/mol. The number of amides is 2. The van der Waals surface area contributed by atoms with Crippen LogP contribution in [0.3, 0.4) is 0 Å². The van der Waals surface area contributed by atoms with Crippen LogP contribution in [-0.4, -0.2) is 46.1 Å². The number of rotatable bonds is 8. The van der Waals surface area contributed by atoms with Gasteiger partial charge in [-0.3, -0.25) is 4.90 Å². The number of hydrogen-bond acceptors (Lipinski definition) is 5. The molecule has 0 radical (unpaired) electrons. The molecule has 1 heterocycles. The van der Waals surface area contributed by atoms with Crippen LogP contribution in [0, 0.1) is 5.41 Å². The Morgan fingerprint density at radius 1 is 1.22 bits per heavy atom. The van der Waals surface area contributed by atoms with Crippen molar-refractivity contribution in [2.24, 2.45) is 5.41 Å². The number of urea groups is 1. The molecule has 3 fully saturated rings. The molecule has 3 aliphatic rings. The summed E-state index contributed by atoms with van der Waals surface area (Å²) in [5.41, 5.74) is -1.47. The summed E-state index contributed by atoms with van der Waals surface area (Å²) < 4.78 is 47.3. The van der Waals surface area contributed by atoms with Crippen LogP contribution in [-0.2, 0) is 11.3 Å². The Balaban J connectivity index is 0.00000380. The second kappa shape index (κ2) is 10.8. The van der Waals surface area contributed by atoms with Crippen molar-refractivity contribution >= 4 is 41.1 Å². The van der Waals surface area contributed by atoms with Gasteiger partial charge in [0.25, 0.3) is 5.89 Å². The maximum atomic E-state index is 14.3. The topological polar surface area (TPSA) is 91.5 Å². The first kappa shape index (κ1) is 29.8. The third-order valence-electron chi connectivity index (χ3n) is 7.74. The summed E-state index contributed by atoms with van der Waals surface area (Å²) in [4.78, 5) is 18.9. The lowest BCUT2D eigenvalue weighted by atomic mass is 9.53. The van der Waals surface area contributed by atoms with Crippen LogP contribution in [0.25, 0.3) is 0 Å². The largest absolute Gasteiger partial charge is 0.387 e. The first-order valence-electron chi connectivity index (χ1n) is 12.1. The van der Waals surface area contributed by atoms with E-state index >= 15 is 0 Å². The fourth-order valence-corrected chi connectivity index (χ4v) is 5.62. The summed E-state index contributed by atoms with van der Waals surface area (Å²) in [5, 5.41) is 16.4. The zero-order valence-corrected chi connectivity index (χ0v) is 23.7. The molecule has 2 aromatic rings. The van der Waals surface area contributed by atoms with E-state index < -0.39 is 35.0 Å². The number of aliphatic hydroxyl groups is 1. The number of benzene rings is 1. The van der Waals surface area contributed by atoms with Gasteiger partial charge in [0, 0.05) is 29.0 Å². The van der Waals surface area contributed by atoms with Crippen LogP contribution in [0.4, 0.5) is 23.7 Å². The molecule has 3 aliphatic carbocycles. The number of hydrogen-bond donors (Lipinski definition) is 2. The summed E-state index contributed by atoms with van der Waals surface area (Å²) >= 11 is 3.45. The number of fused-ring (bicyclic) bond motifs is 3. The smallest absolute Gasteiger partial charge is 0.322 e. The highest BCUT2D eigenvalue weighted by molar-refractivity contribution is 9.10. The number of halogens is 4. The Morgan fingerprint density at radius 2 is 1.84 bits per heavy atom. The highest BCUT2D eigenvalue weighted by Gasteiger charge is 2.53. The van der Waals surface area contributed by atoms with E-state index in [9.17, 15) is 23.1 Å². The van der Waals surface area contributed by atoms with Gasteiger partial charge in [0.2, 0.25) is 0 Å². The van der Waals surface area contributed by atoms with Crippen molar-refractivity contribution in [3.8, 4) is 0 Å². The standard InChI is InChI=1S/C25H32BrF3N4O3.H2S/c1-22(2,35)18(27)14-30-21(34)33(17-6-4-5-16(26)13-17)15-24-7-10-25(11-8-24,12-9-24)19-31-20(36-32-19)23(3,28)29;/h4-6,13,18,35H,7-12,14-15H2,1-3H3,(H,30,34);1H2/t18-,24?,25?;/m0./s1. The molecule has 5 rings (SSSR count). The first-order chi connectivity index (χ1) is 16.7. The number of nitrogens with one attached hydrogen (secondary N) is 1. The van der Waals surface area contributed by atoms with Gasteiger partial charge in [0.1, 0.15) is 6.17 Å². The second-order valence-electron chi connectivity index (χ2n) is 11.0. The van der Waals surface area contributed by atoms with Gasteiger partial charge in [-0.1, -0.05) is 27.2 Å². The van der Waals surface area contributed by atoms with Gasteiger partial charge >= 0.3 is 12.0 Å². The van der Waals surface area contributed by atoms with Crippen LogP contribution in [0.2, 0.25) is 0 Å². The van der Waals surface area contributed by atoms with E-state index in [2.05, 4.69) is 31.4 Å². The van der Waals surface area contributed by atoms with E-state index in [0.717, 1.165) is 30.7 Å². The van der Waals surface area contributed by atoms with Gasteiger partial charge in [-0.05, 0) is 76.0 Å². The summed E-state index contributed by atoms with van der Waals surface area (Å²) in [6.07, 6.45) is 2.82. The van der Waals surface area contributed by atoms with Crippen molar-refractivity contribution in [1.29, 1.82) is 0 Å². The molecule has 1 atom stereocenters. The highest BCUT2D eigenvalue weighted by atomic mass is 79.9. The average molecular weight is 608 g/mol. The Labute approximate surface area is 230 Å². The van der Waals surface area contributed by atoms with Gasteiger partial charge in [-0.25, -0.2) is 9.18 Å². The Kier molecular flexibility index (Phi) is 8.66. The molecule has 0 aliphatic heterocycles. The first-order valence-corrected chi connectivity index (χ1v) is 12.9. The lowest BCUT2D eigenvalue weighted by Crippen LogP contribution is -2.53. The molecule has 2 N–H and O–H groups in total. The zero-order chi connectivity index (χ0) is 26.4. The number of carbonyl (C=O) groups excluding carboxylic acids is 1. The molecule has 206 valence electrons. The second-order valence-corrected chi connectivity index (χ2v) is 11.9. The zero-order valence-electron chi connectivity index (χ0n) is 21.2. The van der Waals surface area contributed by atoms with Crippen LogP contribution in [0.1, 0.15) is 71.0 Å². The molecular weight excluding hydrogens is 573 g/mol. The van der Waals surface area contributed by atoms with Crippen LogP contribution < -0.4 is 10.2 Å². The van der Waals surface area contributed by atoms with Crippen molar-refractivity contribution in [2.75, 3.05) is 18.0 Å². The van der Waals surface area contributed by atoms with Gasteiger partial charge in [0.15, 0.2) is 5.82 Å². The van der Waals surface area contributed by atoms with Crippen molar-refractivity contribution in [2.45, 2.75) is 82.4 Å². The lowest BCUT2D eigenvalue weighted by Gasteiger charge is -2.53. The maximum Gasteiger partial charge on any atom is 0.322 e. The molecule has 12 heteroatoms. The Bertz CT molecular complexity index is 1080. The van der Waals surface area contributed by atoms with Gasteiger partial charge in [0.05, 0.1) is 12.1 Å². The van der Waals surface area contributed by atoms with E-state index in [0.29, 0.717) is 37.3 Å². The number of carbonyl (C=O) groups is 1. The summed E-state index contributed by atoms with van der Waals surface area (Å²) in [6, 6.07) is 6.91. The summed E-state index contributed by atoms with van der Waals surface area (Å²) in [7, 11) is 0. The average Bonchev–Trinajstić information content (AvgIpc) is 3.33. The van der Waals surface area contributed by atoms with Gasteiger partial charge in [-0.2, -0.15) is 27.3 Å². The van der Waals surface area contributed by atoms with Crippen molar-refractivity contribution in [1.82, 2.24) is 15.5 Å². The molecule has 1 aromatic heterocycles. The number of anilines is 1. The minimum absolute atomic E-state index is 0. The summed E-state index contributed by atoms with van der Waals surface area (Å²) in [5.74, 6) is -3.50. The molecule has 2 amide bonds. The SMILES string of the molecule is CC(F)(F)c1nc(C23CCC(CN(C(=O)NC[C@H](F)C(C)(C)O)c4cccc(Br)c4)(CC2)CC3)no1.S. The molecule has 1 aromatic carbocycles. The quantitative estimate of drug-likeness (QED) is 0.386. The molecule has 0 spiro atoms. The van der Waals surface area contributed by atoms with Crippen molar-refractivity contribution < 1.29 is 27.6 Å². The molecule has 7 nitrogen and oxygen atoms in total. The highest BCUT2D eigenvalue weighted by Crippen LogP contribution is 2.57. The molecule has 3 saturated carbocycles. The van der Waals surface area contributed by atoms with Gasteiger partial charge < -0.3 is 14.9 Å². The van der Waals surface area contributed by atoms with E-state index in [4.69, 9.17) is 4.52 Å². The molecule has 2 bridgehead atoms. The third-order valence-corrected chi connectivity index (χ3v) is 8.23. The molecule has 37 heavy (non-hydrogen) atoms. The predicted octanol–water partition coefficient (Wildman–Crippen LogP) is 5.97. The van der Waals surface area contributed by atoms with E-state index in [1.54, 1.807) is 4.90 Å². The fraction of sp³-hybridized carbons (Fsp3) is 0.640. The minimum atomic E-state index is -3.18. The van der Waals surface area contributed by atoms with Crippen LogP contribution >= 0.6 is 29.4 Å². The lowest BCUT2D eigenvalue weighted by molar-refractivity contribution is -0.0158.